The van der Waals surface area contributed by atoms with Crippen LogP contribution in [0.15, 0.2) is 35.4 Å². The van der Waals surface area contributed by atoms with Crippen LogP contribution in [0.5, 0.6) is 0 Å². The number of alkyl halides is 3. The number of aryl methyl sites for hydroxylation is 1. The Bertz CT molecular complexity index is 969. The predicted molar refractivity (Wildman–Crippen MR) is 99.3 cm³/mol. The quantitative estimate of drug-likeness (QED) is 0.386. The molecule has 0 amide bonds. The highest BCUT2D eigenvalue weighted by Crippen LogP contribution is 2.19. The number of H-pyrrole nitrogens is 1. The van der Waals surface area contributed by atoms with Crippen LogP contribution in [0.25, 0.3) is 0 Å². The molecular weight excluding hydrogens is 431 g/mol. The van der Waals surface area contributed by atoms with Gasteiger partial charge in [-0.1, -0.05) is 31.5 Å². The lowest BCUT2D eigenvalue weighted by Crippen LogP contribution is -2.24. The molecule has 0 saturated heterocycles. The third-order valence-electron chi connectivity index (χ3n) is 3.52. The number of hydrogen-bond donors (Lipinski definition) is 1. The molecule has 0 saturated carbocycles. The van der Waals surface area contributed by atoms with Gasteiger partial charge in [-0.3, -0.25) is 8.98 Å². The standard InChI is InChI=1S/C11H11F3O4S.C6H9N3O2/c1-8-2-4-9(5-3-8)19(16,17)18-7-6-10(15)11(12,13)14;1-4(2)6-7-3-5(8-6)9(10)11/h2-5H,6-7H2,1H3;3-4H,1-2H3,(H,7,8). The molecule has 1 aromatic heterocycles. The van der Waals surface area contributed by atoms with Crippen molar-refractivity contribution in [1.82, 2.24) is 9.97 Å². The third kappa shape index (κ3) is 7.91. The van der Waals surface area contributed by atoms with E-state index in [9.17, 15) is 36.5 Å². The average Bonchev–Trinajstić information content (AvgIpc) is 3.12. The Morgan fingerprint density at radius 2 is 1.83 bits per heavy atom. The highest BCUT2D eigenvalue weighted by atomic mass is 32.2. The molecule has 0 spiro atoms. The SMILES string of the molecule is CC(C)c1ncc([N+](=O)[O-])[nH]1.Cc1ccc(S(=O)(=O)OCCC(=O)C(F)(F)F)cc1. The summed E-state index contributed by atoms with van der Waals surface area (Å²) in [6, 6.07) is 5.60. The Morgan fingerprint density at radius 1 is 1.27 bits per heavy atom. The van der Waals surface area contributed by atoms with Crippen molar-refractivity contribution in [2.24, 2.45) is 0 Å². The van der Waals surface area contributed by atoms with Crippen LogP contribution in [0, 0.1) is 17.0 Å². The van der Waals surface area contributed by atoms with Crippen LogP contribution < -0.4 is 0 Å². The average molecular weight is 451 g/mol. The number of benzene rings is 1. The van der Waals surface area contributed by atoms with Gasteiger partial charge in [0, 0.05) is 12.3 Å². The first kappa shape index (κ1) is 25.2. The highest BCUT2D eigenvalue weighted by Gasteiger charge is 2.37. The second-order valence-corrected chi connectivity index (χ2v) is 7.94. The van der Waals surface area contributed by atoms with Crippen LogP contribution in [-0.2, 0) is 19.1 Å². The molecule has 0 aliphatic carbocycles. The zero-order valence-electron chi connectivity index (χ0n) is 16.3. The van der Waals surface area contributed by atoms with Crippen molar-refractivity contribution in [1.29, 1.82) is 0 Å². The fraction of sp³-hybridized carbons (Fsp3) is 0.412. The lowest BCUT2D eigenvalue weighted by atomic mass is 10.2. The summed E-state index contributed by atoms with van der Waals surface area (Å²) in [4.78, 5) is 26.5. The number of carbonyl (C=O) groups excluding carboxylic acids is 1. The maximum atomic E-state index is 11.9. The van der Waals surface area contributed by atoms with Crippen LogP contribution in [-0.4, -0.2) is 41.9 Å². The van der Waals surface area contributed by atoms with Gasteiger partial charge in [-0.25, -0.2) is 9.97 Å². The lowest BCUT2D eigenvalue weighted by molar-refractivity contribution is -0.389. The number of nitrogens with zero attached hydrogens (tertiary/aromatic N) is 2. The molecule has 9 nitrogen and oxygen atoms in total. The summed E-state index contributed by atoms with van der Waals surface area (Å²) < 4.78 is 63.1. The van der Waals surface area contributed by atoms with E-state index in [4.69, 9.17) is 0 Å². The fourth-order valence-corrected chi connectivity index (χ4v) is 2.78. The van der Waals surface area contributed by atoms with Gasteiger partial charge in [-0.05, 0) is 24.0 Å². The van der Waals surface area contributed by atoms with Crippen molar-refractivity contribution in [3.63, 3.8) is 0 Å². The topological polar surface area (TPSA) is 132 Å². The van der Waals surface area contributed by atoms with E-state index in [1.807, 2.05) is 13.8 Å². The van der Waals surface area contributed by atoms with Crippen molar-refractivity contribution in [2.45, 2.75) is 44.2 Å². The van der Waals surface area contributed by atoms with Gasteiger partial charge in [-0.15, -0.1) is 0 Å². The molecule has 0 aliphatic rings. The maximum absolute atomic E-state index is 11.9. The summed E-state index contributed by atoms with van der Waals surface area (Å²) in [5, 5.41) is 10.2. The molecule has 2 aromatic rings. The van der Waals surface area contributed by atoms with Gasteiger partial charge in [-0.2, -0.15) is 21.6 Å². The van der Waals surface area contributed by atoms with E-state index >= 15 is 0 Å². The Morgan fingerprint density at radius 3 is 2.23 bits per heavy atom. The zero-order valence-corrected chi connectivity index (χ0v) is 17.1. The molecule has 0 bridgehead atoms. The van der Waals surface area contributed by atoms with Gasteiger partial charge in [0.15, 0.2) is 5.82 Å². The van der Waals surface area contributed by atoms with Crippen LogP contribution in [0.2, 0.25) is 0 Å². The predicted octanol–water partition coefficient (Wildman–Crippen LogP) is 3.66. The fourth-order valence-electron chi connectivity index (χ4n) is 1.87. The monoisotopic (exact) mass is 451 g/mol. The Balaban J connectivity index is 0.000000346. The number of nitrogens with one attached hydrogen (secondary N) is 1. The van der Waals surface area contributed by atoms with Crippen molar-refractivity contribution in [3.8, 4) is 0 Å². The number of nitro groups is 1. The number of Topliss-reactive ketones (excluding diaryl/α,β-unsaturated/α-hetero) is 1. The molecule has 0 fully saturated rings. The van der Waals surface area contributed by atoms with Crippen molar-refractivity contribution in [3.05, 3.63) is 52.0 Å². The smallest absolute Gasteiger partial charge is 0.358 e. The lowest BCUT2D eigenvalue weighted by Gasteiger charge is -2.07. The third-order valence-corrected chi connectivity index (χ3v) is 4.85. The minimum atomic E-state index is -4.98. The second-order valence-electron chi connectivity index (χ2n) is 6.33. The maximum Gasteiger partial charge on any atom is 0.450 e. The zero-order chi connectivity index (χ0) is 23.1. The number of halogens is 3. The second kappa shape index (κ2) is 10.3. The molecule has 0 aliphatic heterocycles. The molecule has 166 valence electrons. The minimum absolute atomic E-state index is 0.0475. The van der Waals surface area contributed by atoms with E-state index in [-0.39, 0.29) is 16.6 Å². The molecule has 1 aromatic carbocycles. The first-order valence-electron chi connectivity index (χ1n) is 8.49. The molecule has 2 rings (SSSR count). The van der Waals surface area contributed by atoms with E-state index in [1.54, 1.807) is 6.92 Å². The largest absolute Gasteiger partial charge is 0.450 e. The van der Waals surface area contributed by atoms with Crippen molar-refractivity contribution >= 4 is 21.7 Å². The molecule has 0 radical (unpaired) electrons. The van der Waals surface area contributed by atoms with E-state index < -0.39 is 40.0 Å². The normalized spacial score (nSPS) is 11.7. The number of hydrogen-bond acceptors (Lipinski definition) is 7. The van der Waals surface area contributed by atoms with Gasteiger partial charge in [0.1, 0.15) is 6.20 Å². The van der Waals surface area contributed by atoms with Gasteiger partial charge in [0.05, 0.1) is 11.5 Å². The molecular formula is C17H20F3N3O6S. The number of aromatic amines is 1. The van der Waals surface area contributed by atoms with E-state index in [1.165, 1.54) is 30.5 Å². The number of ketones is 1. The van der Waals surface area contributed by atoms with Gasteiger partial charge in [0.25, 0.3) is 10.1 Å². The molecule has 1 heterocycles. The van der Waals surface area contributed by atoms with Crippen LogP contribution in [0.4, 0.5) is 19.0 Å². The van der Waals surface area contributed by atoms with E-state index in [0.717, 1.165) is 5.56 Å². The van der Waals surface area contributed by atoms with Crippen molar-refractivity contribution in [2.75, 3.05) is 6.61 Å². The van der Waals surface area contributed by atoms with Gasteiger partial charge < -0.3 is 10.1 Å². The number of rotatable bonds is 7. The first-order valence-corrected chi connectivity index (χ1v) is 9.90. The molecule has 0 atom stereocenters. The highest BCUT2D eigenvalue weighted by molar-refractivity contribution is 7.86. The van der Waals surface area contributed by atoms with Gasteiger partial charge in [0.2, 0.25) is 5.78 Å². The van der Waals surface area contributed by atoms with E-state index in [2.05, 4.69) is 14.2 Å². The van der Waals surface area contributed by atoms with E-state index in [0.29, 0.717) is 5.82 Å². The summed E-state index contributed by atoms with van der Waals surface area (Å²) in [6.45, 7) is 4.75. The first-order chi connectivity index (χ1) is 13.7. The molecule has 30 heavy (non-hydrogen) atoms. The number of carbonyl (C=O) groups is 1. The van der Waals surface area contributed by atoms with Crippen LogP contribution >= 0.6 is 0 Å². The van der Waals surface area contributed by atoms with Crippen LogP contribution in [0.1, 0.15) is 37.6 Å². The summed E-state index contributed by atoms with van der Waals surface area (Å²) in [5.41, 5.74) is 0.825. The van der Waals surface area contributed by atoms with Crippen molar-refractivity contribution < 1.29 is 35.5 Å². The number of imidazole rings is 1. The minimum Gasteiger partial charge on any atom is -0.358 e. The summed E-state index contributed by atoms with van der Waals surface area (Å²) in [5.74, 6) is -1.22. The number of aromatic nitrogens is 2. The molecule has 0 unspecified atom stereocenters. The molecule has 13 heteroatoms. The van der Waals surface area contributed by atoms with Crippen LogP contribution in [0.3, 0.4) is 0 Å². The van der Waals surface area contributed by atoms with Gasteiger partial charge >= 0.3 is 12.0 Å². The Labute approximate surface area is 170 Å². The Hall–Kier alpha value is -2.80. The Kier molecular flexibility index (Phi) is 8.66. The summed E-state index contributed by atoms with van der Waals surface area (Å²) in [7, 11) is -4.14. The summed E-state index contributed by atoms with van der Waals surface area (Å²) in [6.07, 6.45) is -4.78. The summed E-state index contributed by atoms with van der Waals surface area (Å²) >= 11 is 0. The molecule has 1 N–H and O–H groups in total.